The van der Waals surface area contributed by atoms with Gasteiger partial charge in [-0.25, -0.2) is 4.79 Å². The topological polar surface area (TPSA) is 175 Å². The van der Waals surface area contributed by atoms with E-state index in [0.717, 1.165) is 0 Å². The lowest BCUT2D eigenvalue weighted by molar-refractivity contribution is -0.277. The first-order chi connectivity index (χ1) is 27.1. The fourth-order valence-electron chi connectivity index (χ4n) is 9.71. The minimum atomic E-state index is -2.07. The van der Waals surface area contributed by atoms with Crippen LogP contribution in [0.15, 0.2) is 102 Å². The second-order valence-electron chi connectivity index (χ2n) is 16.5. The quantitative estimate of drug-likeness (QED) is 0.150. The Hall–Kier alpha value is -5.17. The molecule has 1 heterocycles. The fourth-order valence-corrected chi connectivity index (χ4v) is 9.71. The molecule has 57 heavy (non-hydrogen) atoms. The summed E-state index contributed by atoms with van der Waals surface area (Å²) >= 11 is 0. The van der Waals surface area contributed by atoms with Crippen molar-refractivity contribution in [2.24, 2.45) is 22.7 Å². The van der Waals surface area contributed by atoms with Gasteiger partial charge in [0, 0.05) is 42.6 Å². The predicted octanol–water partition coefficient (Wildman–Crippen LogP) is 5.08. The summed E-state index contributed by atoms with van der Waals surface area (Å²) in [5.41, 5.74) is -3.36. The van der Waals surface area contributed by atoms with Crippen LogP contribution < -0.4 is 5.32 Å². The number of benzene rings is 3. The van der Waals surface area contributed by atoms with Gasteiger partial charge in [-0.15, -0.1) is 0 Å². The highest BCUT2D eigenvalue weighted by molar-refractivity contribution is 5.96. The van der Waals surface area contributed by atoms with Gasteiger partial charge in [0.15, 0.2) is 11.9 Å². The summed E-state index contributed by atoms with van der Waals surface area (Å²) in [7, 11) is 0. The number of carbonyl (C=O) groups is 5. The van der Waals surface area contributed by atoms with E-state index in [1.165, 1.54) is 6.92 Å². The number of aliphatic hydroxyl groups excluding tert-OH is 1. The maximum atomic E-state index is 15.2. The second-order valence-corrected chi connectivity index (χ2v) is 16.5. The Morgan fingerprint density at radius 3 is 2.05 bits per heavy atom. The Labute approximate surface area is 331 Å². The van der Waals surface area contributed by atoms with E-state index >= 15 is 4.79 Å². The third-order valence-corrected chi connectivity index (χ3v) is 13.0. The highest BCUT2D eigenvalue weighted by Crippen LogP contribution is 2.62. The predicted molar refractivity (Wildman–Crippen MR) is 205 cm³/mol. The zero-order valence-electron chi connectivity index (χ0n) is 32.7. The van der Waals surface area contributed by atoms with Crippen molar-refractivity contribution in [2.75, 3.05) is 6.61 Å². The fraction of sp³-hybridized carbons (Fsp3) is 0.444. The Kier molecular flexibility index (Phi) is 10.7. The minimum Gasteiger partial charge on any atom is -0.458 e. The Morgan fingerprint density at radius 1 is 0.877 bits per heavy atom. The average Bonchev–Trinajstić information content (AvgIpc) is 3.18. The molecule has 12 nitrogen and oxygen atoms in total. The number of rotatable bonds is 9. The third kappa shape index (κ3) is 6.97. The summed E-state index contributed by atoms with van der Waals surface area (Å²) in [4.78, 5) is 69.5. The van der Waals surface area contributed by atoms with E-state index in [4.69, 9.17) is 18.9 Å². The molecular weight excluding hydrogens is 730 g/mol. The first-order valence-electron chi connectivity index (χ1n) is 19.4. The lowest BCUT2D eigenvalue weighted by atomic mass is 9.46. The standard InChI is InChI=1S/C45H49NO11/c1-25-33(56-35(49)21-31(27-15-9-6-10-16-27)46-41(51)28-17-11-7-12-18-28)23-45(53)40(57-42(52)29-19-13-8-14-20-29)37-30-24-54-32(30)22-34(48)44(37,5)39(50)38(55-26(2)47)36(25)43(45,3)4/h6-20,30-34,37-38,40,48,53H,21-24H2,1-5H3,(H,46,51)/t30-,31-,32-,33+,34+,37?,38-,40+,44-,45-/m1/s1. The number of ketones is 1. The van der Waals surface area contributed by atoms with Gasteiger partial charge in [-0.3, -0.25) is 19.2 Å². The van der Waals surface area contributed by atoms with Gasteiger partial charge < -0.3 is 34.5 Å². The van der Waals surface area contributed by atoms with Crippen molar-refractivity contribution in [3.8, 4) is 0 Å². The maximum Gasteiger partial charge on any atom is 0.338 e. The number of fused-ring (bicyclic) bond motifs is 5. The van der Waals surface area contributed by atoms with Gasteiger partial charge in [0.1, 0.15) is 17.8 Å². The molecule has 0 aromatic heterocycles. The van der Waals surface area contributed by atoms with Crippen molar-refractivity contribution in [1.82, 2.24) is 5.32 Å². The summed E-state index contributed by atoms with van der Waals surface area (Å²) in [6.07, 6.45) is -6.48. The molecule has 12 heteroatoms. The van der Waals surface area contributed by atoms with Crippen molar-refractivity contribution < 1.29 is 53.1 Å². The Balaban J connectivity index is 1.32. The van der Waals surface area contributed by atoms with Crippen LogP contribution in [0, 0.1) is 22.7 Å². The van der Waals surface area contributed by atoms with Crippen LogP contribution >= 0.6 is 0 Å². The minimum absolute atomic E-state index is 0.110. The second kappa shape index (κ2) is 15.3. The number of amides is 1. The number of aliphatic hydroxyl groups is 2. The molecule has 0 radical (unpaired) electrons. The van der Waals surface area contributed by atoms with Crippen LogP contribution in [0.5, 0.6) is 0 Å². The third-order valence-electron chi connectivity index (χ3n) is 13.0. The highest BCUT2D eigenvalue weighted by Gasteiger charge is 2.72. The van der Waals surface area contributed by atoms with Crippen LogP contribution in [0.25, 0.3) is 0 Å². The van der Waals surface area contributed by atoms with Gasteiger partial charge >= 0.3 is 17.9 Å². The molecule has 3 aromatic carbocycles. The number of nitrogens with one attached hydrogen (secondary N) is 1. The average molecular weight is 780 g/mol. The Bertz CT molecular complexity index is 2070. The molecule has 1 saturated heterocycles. The SMILES string of the molecule is CC(=O)O[C@H]1C(=O)[C@@]2(C)C([C@@H]3CO[C@@H]3C[C@@H]2O)[C@H](OC(=O)c2ccccc2)[C@]2(O)C[C@H](OC(=O)C[C@@H](NC(=O)c3ccccc3)c3ccccc3)C(C)=C1C2(C)C. The largest absolute Gasteiger partial charge is 0.458 e. The van der Waals surface area contributed by atoms with Crippen molar-refractivity contribution >= 4 is 29.6 Å². The highest BCUT2D eigenvalue weighted by atomic mass is 16.6. The molecule has 7 rings (SSSR count). The maximum absolute atomic E-state index is 15.2. The van der Waals surface area contributed by atoms with Crippen molar-refractivity contribution in [2.45, 2.75) is 96.0 Å². The molecule has 3 aromatic rings. The normalized spacial score (nSPS) is 31.8. The van der Waals surface area contributed by atoms with Crippen molar-refractivity contribution in [3.05, 3.63) is 119 Å². The number of carbonyl (C=O) groups excluding carboxylic acids is 5. The van der Waals surface area contributed by atoms with E-state index < -0.39 is 94.4 Å². The number of esters is 3. The van der Waals surface area contributed by atoms with Crippen molar-refractivity contribution in [1.29, 1.82) is 0 Å². The molecule has 4 aliphatic rings. The van der Waals surface area contributed by atoms with E-state index in [2.05, 4.69) is 5.32 Å². The molecule has 3 aliphatic carbocycles. The van der Waals surface area contributed by atoms with E-state index in [1.807, 2.05) is 6.07 Å². The molecule has 3 N–H and O–H groups in total. The van der Waals surface area contributed by atoms with Crippen LogP contribution in [0.3, 0.4) is 0 Å². The van der Waals surface area contributed by atoms with Gasteiger partial charge in [0.25, 0.3) is 5.91 Å². The van der Waals surface area contributed by atoms with Crippen LogP contribution in [0.4, 0.5) is 0 Å². The Morgan fingerprint density at radius 2 is 1.47 bits per heavy atom. The van der Waals surface area contributed by atoms with Crippen LogP contribution in [0.1, 0.15) is 86.2 Å². The van der Waals surface area contributed by atoms with E-state index in [-0.39, 0.29) is 37.0 Å². The molecular formula is C45H49NO11. The summed E-state index contributed by atoms with van der Waals surface area (Å²) in [5, 5.41) is 28.3. The summed E-state index contributed by atoms with van der Waals surface area (Å²) < 4.78 is 24.4. The van der Waals surface area contributed by atoms with Crippen molar-refractivity contribution in [3.63, 3.8) is 0 Å². The molecule has 1 aliphatic heterocycles. The van der Waals surface area contributed by atoms with Crippen LogP contribution in [0.2, 0.25) is 0 Å². The van der Waals surface area contributed by atoms with E-state index in [9.17, 15) is 29.4 Å². The summed E-state index contributed by atoms with van der Waals surface area (Å²) in [6, 6.07) is 25.0. The zero-order chi connectivity index (χ0) is 40.9. The summed E-state index contributed by atoms with van der Waals surface area (Å²) in [5.74, 6) is -4.69. The number of ether oxygens (including phenoxy) is 4. The van der Waals surface area contributed by atoms with Crippen LogP contribution in [-0.4, -0.2) is 82.5 Å². The first kappa shape index (κ1) is 40.0. The van der Waals surface area contributed by atoms with Gasteiger partial charge in [0.2, 0.25) is 0 Å². The lowest BCUT2D eigenvalue weighted by Gasteiger charge is -2.64. The first-order valence-corrected chi connectivity index (χ1v) is 19.4. The van der Waals surface area contributed by atoms with E-state index in [1.54, 1.807) is 113 Å². The van der Waals surface area contributed by atoms with Gasteiger partial charge in [-0.05, 0) is 54.8 Å². The number of Topliss-reactive ketones (excluding diaryl/α,β-unsaturated/α-hetero) is 1. The molecule has 1 unspecified atom stereocenters. The molecule has 2 bridgehead atoms. The lowest BCUT2D eigenvalue weighted by Crippen LogP contribution is -2.75. The molecule has 2 saturated carbocycles. The monoisotopic (exact) mass is 779 g/mol. The molecule has 0 spiro atoms. The molecule has 300 valence electrons. The smallest absolute Gasteiger partial charge is 0.338 e. The summed E-state index contributed by atoms with van der Waals surface area (Å²) in [6.45, 7) is 7.97. The number of hydrogen-bond acceptors (Lipinski definition) is 11. The zero-order valence-corrected chi connectivity index (χ0v) is 32.7. The van der Waals surface area contributed by atoms with Crippen LogP contribution in [-0.2, 0) is 33.3 Å². The van der Waals surface area contributed by atoms with E-state index in [0.29, 0.717) is 16.7 Å². The van der Waals surface area contributed by atoms with Gasteiger partial charge in [-0.1, -0.05) is 80.6 Å². The molecule has 10 atom stereocenters. The molecule has 1 amide bonds. The van der Waals surface area contributed by atoms with Gasteiger partial charge in [-0.2, -0.15) is 0 Å². The van der Waals surface area contributed by atoms with Gasteiger partial charge in [0.05, 0.1) is 42.3 Å². The number of hydrogen-bond donors (Lipinski definition) is 3. The molecule has 3 fully saturated rings.